The van der Waals surface area contributed by atoms with Crippen molar-refractivity contribution >= 4 is 15.9 Å². The molecule has 1 aromatic rings. The number of likely N-dealkylation sites (N-methyl/N-ethyl adjacent to an activating group) is 1. The summed E-state index contributed by atoms with van der Waals surface area (Å²) in [7, 11) is 0. The first kappa shape index (κ1) is 11.6. The smallest absolute Gasteiger partial charge is 0.137 e. The van der Waals surface area contributed by atoms with Crippen molar-refractivity contribution in [3.05, 3.63) is 34.1 Å². The average Bonchev–Trinajstić information content (AvgIpc) is 2.19. The molecule has 0 saturated carbocycles. The van der Waals surface area contributed by atoms with Gasteiger partial charge in [0.15, 0.2) is 0 Å². The summed E-state index contributed by atoms with van der Waals surface area (Å²) in [6.45, 7) is 3.37. The van der Waals surface area contributed by atoms with E-state index in [4.69, 9.17) is 5.73 Å². The molecule has 0 aliphatic heterocycles. The van der Waals surface area contributed by atoms with E-state index in [9.17, 15) is 4.39 Å². The van der Waals surface area contributed by atoms with Crippen LogP contribution in [0.2, 0.25) is 0 Å². The Hall–Kier alpha value is -0.450. The van der Waals surface area contributed by atoms with E-state index in [-0.39, 0.29) is 11.9 Å². The van der Waals surface area contributed by atoms with Crippen LogP contribution in [0.5, 0.6) is 0 Å². The van der Waals surface area contributed by atoms with Crippen LogP contribution in [0.1, 0.15) is 18.5 Å². The predicted molar refractivity (Wildman–Crippen MR) is 59.6 cm³/mol. The Morgan fingerprint density at radius 1 is 1.57 bits per heavy atom. The molecule has 0 radical (unpaired) electrons. The molecule has 0 saturated heterocycles. The molecule has 4 heteroatoms. The maximum absolute atomic E-state index is 13.0. The SMILES string of the molecule is CCNC(CN)c1ccc(F)c(Br)c1. The highest BCUT2D eigenvalue weighted by molar-refractivity contribution is 9.10. The van der Waals surface area contributed by atoms with Gasteiger partial charge in [-0.2, -0.15) is 0 Å². The van der Waals surface area contributed by atoms with Crippen LogP contribution in [-0.2, 0) is 0 Å². The van der Waals surface area contributed by atoms with E-state index in [1.165, 1.54) is 6.07 Å². The Labute approximate surface area is 91.8 Å². The van der Waals surface area contributed by atoms with Crippen molar-refractivity contribution in [3.8, 4) is 0 Å². The van der Waals surface area contributed by atoms with Crippen LogP contribution in [0.25, 0.3) is 0 Å². The molecule has 1 atom stereocenters. The normalized spacial score (nSPS) is 12.9. The topological polar surface area (TPSA) is 38.0 Å². The molecular formula is C10H14BrFN2. The molecule has 0 amide bonds. The summed E-state index contributed by atoms with van der Waals surface area (Å²) in [6, 6.07) is 5.05. The van der Waals surface area contributed by atoms with E-state index in [0.717, 1.165) is 12.1 Å². The quantitative estimate of drug-likeness (QED) is 0.872. The maximum Gasteiger partial charge on any atom is 0.137 e. The van der Waals surface area contributed by atoms with Crippen molar-refractivity contribution < 1.29 is 4.39 Å². The summed E-state index contributed by atoms with van der Waals surface area (Å²) in [5, 5.41) is 3.23. The molecule has 2 nitrogen and oxygen atoms in total. The third kappa shape index (κ3) is 2.77. The summed E-state index contributed by atoms with van der Waals surface area (Å²) in [5.41, 5.74) is 6.61. The first-order valence-corrected chi connectivity index (χ1v) is 5.36. The van der Waals surface area contributed by atoms with Gasteiger partial charge in [0.05, 0.1) is 4.47 Å². The molecule has 1 unspecified atom stereocenters. The second-order valence-corrected chi connectivity index (χ2v) is 3.87. The minimum absolute atomic E-state index is 0.0944. The van der Waals surface area contributed by atoms with Gasteiger partial charge in [-0.15, -0.1) is 0 Å². The molecule has 0 fully saturated rings. The number of rotatable bonds is 4. The summed E-state index contributed by atoms with van der Waals surface area (Å²) >= 11 is 3.15. The third-order valence-electron chi connectivity index (χ3n) is 2.03. The lowest BCUT2D eigenvalue weighted by molar-refractivity contribution is 0.558. The molecule has 1 rings (SSSR count). The number of halogens is 2. The number of nitrogens with one attached hydrogen (secondary N) is 1. The minimum atomic E-state index is -0.249. The van der Waals surface area contributed by atoms with Crippen molar-refractivity contribution in [2.75, 3.05) is 13.1 Å². The highest BCUT2D eigenvalue weighted by Crippen LogP contribution is 2.20. The van der Waals surface area contributed by atoms with Crippen molar-refractivity contribution in [3.63, 3.8) is 0 Å². The van der Waals surface area contributed by atoms with Crippen LogP contribution in [0.15, 0.2) is 22.7 Å². The summed E-state index contributed by atoms with van der Waals surface area (Å²) in [5.74, 6) is -0.249. The monoisotopic (exact) mass is 260 g/mol. The van der Waals surface area contributed by atoms with Crippen molar-refractivity contribution in [2.45, 2.75) is 13.0 Å². The predicted octanol–water partition coefficient (Wildman–Crippen LogP) is 2.20. The van der Waals surface area contributed by atoms with Gasteiger partial charge in [0.25, 0.3) is 0 Å². The van der Waals surface area contributed by atoms with Gasteiger partial charge in [-0.3, -0.25) is 0 Å². The molecular weight excluding hydrogens is 247 g/mol. The van der Waals surface area contributed by atoms with E-state index < -0.39 is 0 Å². The third-order valence-corrected chi connectivity index (χ3v) is 2.64. The lowest BCUT2D eigenvalue weighted by Gasteiger charge is -2.16. The van der Waals surface area contributed by atoms with Crippen LogP contribution in [0.3, 0.4) is 0 Å². The first-order chi connectivity index (χ1) is 6.69. The largest absolute Gasteiger partial charge is 0.329 e. The zero-order valence-corrected chi connectivity index (χ0v) is 9.64. The van der Waals surface area contributed by atoms with Gasteiger partial charge in [-0.25, -0.2) is 4.39 Å². The van der Waals surface area contributed by atoms with Crippen molar-refractivity contribution in [2.24, 2.45) is 5.73 Å². The van der Waals surface area contributed by atoms with Crippen LogP contribution in [-0.4, -0.2) is 13.1 Å². The van der Waals surface area contributed by atoms with E-state index in [1.807, 2.05) is 6.92 Å². The lowest BCUT2D eigenvalue weighted by atomic mass is 10.1. The number of benzene rings is 1. The van der Waals surface area contributed by atoms with E-state index in [2.05, 4.69) is 21.2 Å². The van der Waals surface area contributed by atoms with E-state index >= 15 is 0 Å². The fraction of sp³-hybridized carbons (Fsp3) is 0.400. The van der Waals surface area contributed by atoms with Gasteiger partial charge < -0.3 is 11.1 Å². The second-order valence-electron chi connectivity index (χ2n) is 3.02. The highest BCUT2D eigenvalue weighted by Gasteiger charge is 2.09. The van der Waals surface area contributed by atoms with E-state index in [1.54, 1.807) is 12.1 Å². The molecule has 0 bridgehead atoms. The molecule has 0 heterocycles. The summed E-state index contributed by atoms with van der Waals surface area (Å²) in [4.78, 5) is 0. The average molecular weight is 261 g/mol. The standard InChI is InChI=1S/C10H14BrFN2/c1-2-14-10(6-13)7-3-4-9(12)8(11)5-7/h3-5,10,14H,2,6,13H2,1H3. The van der Waals surface area contributed by atoms with Crippen LogP contribution < -0.4 is 11.1 Å². The zero-order chi connectivity index (χ0) is 10.6. The molecule has 78 valence electrons. The molecule has 0 aliphatic carbocycles. The second kappa shape index (κ2) is 5.44. The van der Waals surface area contributed by atoms with Crippen molar-refractivity contribution in [1.82, 2.24) is 5.32 Å². The summed E-state index contributed by atoms with van der Waals surface area (Å²) in [6.07, 6.45) is 0. The number of hydrogen-bond acceptors (Lipinski definition) is 2. The minimum Gasteiger partial charge on any atom is -0.329 e. The molecule has 0 aliphatic rings. The van der Waals surface area contributed by atoms with Gasteiger partial charge >= 0.3 is 0 Å². The van der Waals surface area contributed by atoms with Gasteiger partial charge in [0.2, 0.25) is 0 Å². The number of nitrogens with two attached hydrogens (primary N) is 1. The lowest BCUT2D eigenvalue weighted by Crippen LogP contribution is -2.27. The van der Waals surface area contributed by atoms with Gasteiger partial charge in [-0.1, -0.05) is 13.0 Å². The van der Waals surface area contributed by atoms with Crippen LogP contribution in [0, 0.1) is 5.82 Å². The zero-order valence-electron chi connectivity index (χ0n) is 8.06. The van der Waals surface area contributed by atoms with Crippen LogP contribution in [0.4, 0.5) is 4.39 Å². The maximum atomic E-state index is 13.0. The van der Waals surface area contributed by atoms with Gasteiger partial charge in [0.1, 0.15) is 5.82 Å². The molecule has 0 spiro atoms. The van der Waals surface area contributed by atoms with Gasteiger partial charge in [-0.05, 0) is 40.2 Å². The fourth-order valence-electron chi connectivity index (χ4n) is 1.31. The Kier molecular flexibility index (Phi) is 4.51. The molecule has 1 aromatic carbocycles. The Balaban J connectivity index is 2.88. The Morgan fingerprint density at radius 3 is 2.79 bits per heavy atom. The van der Waals surface area contributed by atoms with E-state index in [0.29, 0.717) is 11.0 Å². The molecule has 3 N–H and O–H groups in total. The van der Waals surface area contributed by atoms with Gasteiger partial charge in [0, 0.05) is 12.6 Å². The van der Waals surface area contributed by atoms with Crippen LogP contribution >= 0.6 is 15.9 Å². The number of hydrogen-bond donors (Lipinski definition) is 2. The summed E-state index contributed by atoms with van der Waals surface area (Å²) < 4.78 is 13.4. The molecule has 0 aromatic heterocycles. The first-order valence-electron chi connectivity index (χ1n) is 4.57. The Morgan fingerprint density at radius 2 is 2.29 bits per heavy atom. The molecule has 14 heavy (non-hydrogen) atoms. The highest BCUT2D eigenvalue weighted by atomic mass is 79.9. The van der Waals surface area contributed by atoms with Crippen molar-refractivity contribution in [1.29, 1.82) is 0 Å². The fourth-order valence-corrected chi connectivity index (χ4v) is 1.71. The Bertz CT molecular complexity index is 304.